The van der Waals surface area contributed by atoms with Crippen LogP contribution in [-0.2, 0) is 25.5 Å². The van der Waals surface area contributed by atoms with Crippen molar-refractivity contribution in [2.24, 2.45) is 0 Å². The Morgan fingerprint density at radius 3 is 2.30 bits per heavy atom. The largest absolute Gasteiger partial charge is 0.493 e. The molecule has 0 heterocycles. The first-order valence-electron chi connectivity index (χ1n) is 11.8. The minimum absolute atomic E-state index is 0.0326. The van der Waals surface area contributed by atoms with Gasteiger partial charge in [-0.05, 0) is 73.0 Å². The van der Waals surface area contributed by atoms with Crippen molar-refractivity contribution in [3.05, 3.63) is 76.8 Å². The van der Waals surface area contributed by atoms with Crippen LogP contribution in [0.15, 0.2) is 71.2 Å². The average molecular weight is 569 g/mol. The van der Waals surface area contributed by atoms with Gasteiger partial charge in [0.1, 0.15) is 5.75 Å². The number of hydrogen-bond donors (Lipinski definition) is 2. The smallest absolute Gasteiger partial charge is 0.306 e. The van der Waals surface area contributed by atoms with Crippen LogP contribution in [0.5, 0.6) is 17.2 Å². The molecule has 0 aliphatic carbocycles. The minimum atomic E-state index is -0.535. The van der Waals surface area contributed by atoms with Crippen molar-refractivity contribution in [3.63, 3.8) is 0 Å². The number of methoxy groups -OCH3 is 1. The highest BCUT2D eigenvalue weighted by molar-refractivity contribution is 9.10. The van der Waals surface area contributed by atoms with E-state index in [2.05, 4.69) is 26.6 Å². The third-order valence-electron chi connectivity index (χ3n) is 5.31. The van der Waals surface area contributed by atoms with Gasteiger partial charge < -0.3 is 24.8 Å². The van der Waals surface area contributed by atoms with Gasteiger partial charge in [0.05, 0.1) is 7.11 Å². The number of ether oxygens (including phenoxy) is 3. The molecule has 0 atom stereocenters. The van der Waals surface area contributed by atoms with Crippen LogP contribution in [0.25, 0.3) is 0 Å². The molecule has 0 aromatic heterocycles. The Hall–Kier alpha value is -3.85. The van der Waals surface area contributed by atoms with E-state index in [0.717, 1.165) is 16.5 Å². The predicted molar refractivity (Wildman–Crippen MR) is 145 cm³/mol. The fourth-order valence-electron chi connectivity index (χ4n) is 3.43. The third-order valence-corrected chi connectivity index (χ3v) is 5.80. The molecule has 0 saturated heterocycles. The zero-order valence-corrected chi connectivity index (χ0v) is 22.3. The molecule has 0 bridgehead atoms. The Labute approximate surface area is 224 Å². The summed E-state index contributed by atoms with van der Waals surface area (Å²) in [6.45, 7) is 1.61. The Kier molecular flexibility index (Phi) is 10.5. The fourth-order valence-corrected chi connectivity index (χ4v) is 3.84. The van der Waals surface area contributed by atoms with E-state index < -0.39 is 11.9 Å². The maximum atomic E-state index is 12.2. The molecule has 3 rings (SSSR count). The van der Waals surface area contributed by atoms with Gasteiger partial charge in [-0.15, -0.1) is 0 Å². The lowest BCUT2D eigenvalue weighted by molar-refractivity contribution is -0.147. The van der Waals surface area contributed by atoms with E-state index in [1.165, 1.54) is 0 Å². The standard InChI is InChI=1S/C28H29BrN2O6/c1-3-19-17-20(29)11-16-23(19)31-27(33)18-36-28(34)10-6-9-26(32)30-21-12-14-22(15-13-21)37-25-8-5-4-7-24(25)35-2/h4-5,7-8,11-17H,3,6,9-10,18H2,1-2H3,(H,30,32)(H,31,33). The summed E-state index contributed by atoms with van der Waals surface area (Å²) in [6.07, 6.45) is 1.22. The van der Waals surface area contributed by atoms with Crippen LogP contribution in [0.4, 0.5) is 11.4 Å². The van der Waals surface area contributed by atoms with Crippen LogP contribution in [0, 0.1) is 0 Å². The molecule has 37 heavy (non-hydrogen) atoms. The molecule has 3 aromatic rings. The molecule has 194 valence electrons. The number of halogens is 1. The van der Waals surface area contributed by atoms with Crippen molar-refractivity contribution in [3.8, 4) is 17.2 Å². The van der Waals surface area contributed by atoms with Crippen molar-refractivity contribution in [2.75, 3.05) is 24.4 Å². The number of aryl methyl sites for hydroxylation is 1. The van der Waals surface area contributed by atoms with Gasteiger partial charge in [-0.3, -0.25) is 14.4 Å². The number of amides is 2. The number of carbonyl (C=O) groups excluding carboxylic acids is 3. The van der Waals surface area contributed by atoms with Crippen LogP contribution in [0.2, 0.25) is 0 Å². The lowest BCUT2D eigenvalue weighted by atomic mass is 10.1. The molecular weight excluding hydrogens is 540 g/mol. The molecule has 9 heteroatoms. The summed E-state index contributed by atoms with van der Waals surface area (Å²) in [5, 5.41) is 5.54. The third kappa shape index (κ3) is 8.95. The summed E-state index contributed by atoms with van der Waals surface area (Å²) < 4.78 is 17.1. The van der Waals surface area contributed by atoms with E-state index in [1.807, 2.05) is 31.2 Å². The zero-order valence-electron chi connectivity index (χ0n) is 20.7. The number of nitrogens with one attached hydrogen (secondary N) is 2. The monoisotopic (exact) mass is 568 g/mol. The minimum Gasteiger partial charge on any atom is -0.493 e. The van der Waals surface area contributed by atoms with E-state index in [0.29, 0.717) is 35.0 Å². The quantitative estimate of drug-likeness (QED) is 0.256. The Bertz CT molecular complexity index is 1230. The molecule has 0 spiro atoms. The number of rotatable bonds is 12. The van der Waals surface area contributed by atoms with Crippen molar-refractivity contribution in [2.45, 2.75) is 32.6 Å². The van der Waals surface area contributed by atoms with Crippen LogP contribution < -0.4 is 20.1 Å². The van der Waals surface area contributed by atoms with Crippen LogP contribution in [0.3, 0.4) is 0 Å². The van der Waals surface area contributed by atoms with Crippen molar-refractivity contribution in [1.82, 2.24) is 0 Å². The second-order valence-corrected chi connectivity index (χ2v) is 8.96. The summed E-state index contributed by atoms with van der Waals surface area (Å²) in [5.41, 5.74) is 2.26. The number of para-hydroxylation sites is 2. The van der Waals surface area contributed by atoms with E-state index in [4.69, 9.17) is 14.2 Å². The number of esters is 1. The molecule has 0 unspecified atom stereocenters. The predicted octanol–water partition coefficient (Wildman–Crippen LogP) is 6.10. The Morgan fingerprint density at radius 2 is 1.59 bits per heavy atom. The first-order valence-corrected chi connectivity index (χ1v) is 12.6. The highest BCUT2D eigenvalue weighted by Gasteiger charge is 2.12. The molecule has 0 aliphatic heterocycles. The summed E-state index contributed by atoms with van der Waals surface area (Å²) >= 11 is 3.40. The number of benzene rings is 3. The number of anilines is 2. The van der Waals surface area contributed by atoms with Crippen LogP contribution in [-0.4, -0.2) is 31.5 Å². The number of carbonyl (C=O) groups is 3. The first-order chi connectivity index (χ1) is 17.9. The molecule has 0 radical (unpaired) electrons. The molecule has 0 saturated carbocycles. The normalized spacial score (nSPS) is 10.4. The Balaban J connectivity index is 1.35. The zero-order chi connectivity index (χ0) is 26.6. The van der Waals surface area contributed by atoms with Crippen LogP contribution in [0.1, 0.15) is 31.7 Å². The van der Waals surface area contributed by atoms with Crippen LogP contribution >= 0.6 is 15.9 Å². The van der Waals surface area contributed by atoms with Crippen molar-refractivity contribution < 1.29 is 28.6 Å². The second kappa shape index (κ2) is 14.0. The molecule has 0 aliphatic rings. The van der Waals surface area contributed by atoms with E-state index in [1.54, 1.807) is 49.6 Å². The summed E-state index contributed by atoms with van der Waals surface area (Å²) in [7, 11) is 1.57. The highest BCUT2D eigenvalue weighted by atomic mass is 79.9. The molecule has 2 N–H and O–H groups in total. The van der Waals surface area contributed by atoms with Gasteiger partial charge in [0.15, 0.2) is 18.1 Å². The summed E-state index contributed by atoms with van der Waals surface area (Å²) in [4.78, 5) is 36.3. The van der Waals surface area contributed by atoms with Crippen molar-refractivity contribution >= 4 is 45.1 Å². The van der Waals surface area contributed by atoms with E-state index in [-0.39, 0.29) is 25.4 Å². The first kappa shape index (κ1) is 27.7. The summed E-state index contributed by atoms with van der Waals surface area (Å²) in [6, 6.07) is 19.8. The molecular formula is C28H29BrN2O6. The Morgan fingerprint density at radius 1 is 0.865 bits per heavy atom. The molecule has 2 amide bonds. The van der Waals surface area contributed by atoms with E-state index in [9.17, 15) is 14.4 Å². The summed E-state index contributed by atoms with van der Waals surface area (Å²) in [5.74, 6) is 0.625. The molecule has 0 fully saturated rings. The lowest BCUT2D eigenvalue weighted by Crippen LogP contribution is -2.21. The van der Waals surface area contributed by atoms with Gasteiger partial charge in [0.2, 0.25) is 5.91 Å². The van der Waals surface area contributed by atoms with Gasteiger partial charge in [-0.1, -0.05) is 35.0 Å². The maximum absolute atomic E-state index is 12.2. The highest BCUT2D eigenvalue weighted by Crippen LogP contribution is 2.31. The van der Waals surface area contributed by atoms with Gasteiger partial charge in [-0.2, -0.15) is 0 Å². The fraction of sp³-hybridized carbons (Fsp3) is 0.250. The second-order valence-electron chi connectivity index (χ2n) is 8.04. The lowest BCUT2D eigenvalue weighted by Gasteiger charge is -2.11. The maximum Gasteiger partial charge on any atom is 0.306 e. The van der Waals surface area contributed by atoms with Gasteiger partial charge in [0, 0.05) is 28.7 Å². The van der Waals surface area contributed by atoms with Crippen molar-refractivity contribution in [1.29, 1.82) is 0 Å². The topological polar surface area (TPSA) is 103 Å². The van der Waals surface area contributed by atoms with Gasteiger partial charge >= 0.3 is 5.97 Å². The van der Waals surface area contributed by atoms with Gasteiger partial charge in [0.25, 0.3) is 5.91 Å². The number of hydrogen-bond acceptors (Lipinski definition) is 6. The molecule has 3 aromatic carbocycles. The SMILES string of the molecule is CCc1cc(Br)ccc1NC(=O)COC(=O)CCCC(=O)Nc1ccc(Oc2ccccc2OC)cc1. The van der Waals surface area contributed by atoms with Gasteiger partial charge in [-0.25, -0.2) is 0 Å². The average Bonchev–Trinajstić information content (AvgIpc) is 2.90. The van der Waals surface area contributed by atoms with E-state index >= 15 is 0 Å². The molecule has 8 nitrogen and oxygen atoms in total.